The summed E-state index contributed by atoms with van der Waals surface area (Å²) < 4.78 is 5.47. The van der Waals surface area contributed by atoms with Crippen LogP contribution in [0.4, 0.5) is 10.6 Å². The molecule has 7 heteroatoms. The first-order chi connectivity index (χ1) is 10.0. The molecule has 0 aliphatic carbocycles. The van der Waals surface area contributed by atoms with Gasteiger partial charge in [0.05, 0.1) is 5.02 Å². The molecule has 6 nitrogen and oxygen atoms in total. The molecule has 1 atom stereocenters. The van der Waals surface area contributed by atoms with Crippen molar-refractivity contribution in [1.82, 2.24) is 10.3 Å². The summed E-state index contributed by atoms with van der Waals surface area (Å²) in [6, 6.07) is 8.97. The van der Waals surface area contributed by atoms with Crippen LogP contribution >= 0.6 is 11.6 Å². The van der Waals surface area contributed by atoms with Gasteiger partial charge in [-0.3, -0.25) is 5.32 Å². The molecule has 0 bridgehead atoms. The largest absolute Gasteiger partial charge is 0.508 e. The fourth-order valence-electron chi connectivity index (χ4n) is 1.55. The third-order valence-corrected chi connectivity index (χ3v) is 2.68. The van der Waals surface area contributed by atoms with Crippen LogP contribution in [0.25, 0.3) is 0 Å². The molecule has 0 spiro atoms. The molecule has 0 radical (unpaired) electrons. The van der Waals surface area contributed by atoms with Gasteiger partial charge < -0.3 is 15.2 Å². The zero-order valence-corrected chi connectivity index (χ0v) is 12.0. The SMILES string of the molecule is CC(NC(=O)Nc1ccc(Cl)cn1)Oc1ccc(O)cc1. The number of carbonyl (C=O) groups excluding carboxylic acids is 1. The van der Waals surface area contributed by atoms with Gasteiger partial charge in [-0.1, -0.05) is 11.6 Å². The normalized spacial score (nSPS) is 11.5. The van der Waals surface area contributed by atoms with Crippen molar-refractivity contribution in [1.29, 1.82) is 0 Å². The number of anilines is 1. The van der Waals surface area contributed by atoms with Gasteiger partial charge in [0.25, 0.3) is 0 Å². The third kappa shape index (κ3) is 4.85. The van der Waals surface area contributed by atoms with E-state index < -0.39 is 12.3 Å². The first-order valence-corrected chi connectivity index (χ1v) is 6.55. The average molecular weight is 308 g/mol. The molecule has 21 heavy (non-hydrogen) atoms. The second kappa shape index (κ2) is 6.81. The number of phenolic OH excluding ortho intramolecular Hbond substituents is 1. The fourth-order valence-corrected chi connectivity index (χ4v) is 1.66. The standard InChI is InChI=1S/C14H14ClN3O3/c1-9(21-12-5-3-11(19)4-6-12)17-14(20)18-13-7-2-10(15)8-16-13/h2-9,19H,1H3,(H2,16,17,18,20). The number of aromatic nitrogens is 1. The molecule has 1 aromatic heterocycles. The molecule has 0 saturated carbocycles. The predicted molar refractivity (Wildman–Crippen MR) is 79.6 cm³/mol. The summed E-state index contributed by atoms with van der Waals surface area (Å²) in [6.45, 7) is 1.68. The molecular formula is C14H14ClN3O3. The van der Waals surface area contributed by atoms with Gasteiger partial charge in [-0.2, -0.15) is 0 Å². The first-order valence-electron chi connectivity index (χ1n) is 6.18. The molecule has 0 fully saturated rings. The number of carbonyl (C=O) groups is 1. The number of hydrogen-bond acceptors (Lipinski definition) is 4. The van der Waals surface area contributed by atoms with E-state index in [1.165, 1.54) is 18.3 Å². The Bertz CT molecular complexity index is 602. The fraction of sp³-hybridized carbons (Fsp3) is 0.143. The maximum absolute atomic E-state index is 11.7. The van der Waals surface area contributed by atoms with Gasteiger partial charge in [0.15, 0.2) is 6.23 Å². The second-order valence-electron chi connectivity index (χ2n) is 4.21. The number of phenols is 1. The van der Waals surface area contributed by atoms with Crippen molar-refractivity contribution < 1.29 is 14.6 Å². The van der Waals surface area contributed by atoms with Crippen LogP contribution in [0.15, 0.2) is 42.6 Å². The van der Waals surface area contributed by atoms with E-state index in [4.69, 9.17) is 21.4 Å². The molecule has 1 aromatic carbocycles. The molecule has 0 aliphatic rings. The van der Waals surface area contributed by atoms with Crippen molar-refractivity contribution in [3.05, 3.63) is 47.6 Å². The molecule has 0 aliphatic heterocycles. The van der Waals surface area contributed by atoms with Gasteiger partial charge in [-0.15, -0.1) is 0 Å². The Labute approximate surface area is 126 Å². The van der Waals surface area contributed by atoms with Crippen molar-refractivity contribution in [3.8, 4) is 11.5 Å². The summed E-state index contributed by atoms with van der Waals surface area (Å²) in [7, 11) is 0. The molecule has 2 rings (SSSR count). The minimum Gasteiger partial charge on any atom is -0.508 e. The summed E-state index contributed by atoms with van der Waals surface area (Å²) in [5.74, 6) is 1.06. The van der Waals surface area contributed by atoms with Crippen LogP contribution in [-0.2, 0) is 0 Å². The van der Waals surface area contributed by atoms with Crippen molar-refractivity contribution in [3.63, 3.8) is 0 Å². The van der Waals surface area contributed by atoms with Gasteiger partial charge in [-0.25, -0.2) is 9.78 Å². The molecule has 1 unspecified atom stereocenters. The number of pyridine rings is 1. The van der Waals surface area contributed by atoms with Crippen LogP contribution in [0, 0.1) is 0 Å². The minimum atomic E-state index is -0.554. The average Bonchev–Trinajstić information content (AvgIpc) is 2.44. The van der Waals surface area contributed by atoms with E-state index in [1.54, 1.807) is 31.2 Å². The lowest BCUT2D eigenvalue weighted by atomic mass is 10.3. The zero-order valence-electron chi connectivity index (χ0n) is 11.2. The Kier molecular flexibility index (Phi) is 4.84. The number of aromatic hydroxyl groups is 1. The van der Waals surface area contributed by atoms with Crippen molar-refractivity contribution in [2.45, 2.75) is 13.2 Å². The van der Waals surface area contributed by atoms with Gasteiger partial charge in [-0.05, 0) is 43.3 Å². The molecule has 110 valence electrons. The van der Waals surface area contributed by atoms with E-state index in [2.05, 4.69) is 15.6 Å². The summed E-state index contributed by atoms with van der Waals surface area (Å²) in [6.07, 6.45) is 0.884. The molecule has 1 heterocycles. The molecule has 0 saturated heterocycles. The Morgan fingerprint density at radius 3 is 2.62 bits per heavy atom. The quantitative estimate of drug-likeness (QED) is 0.758. The summed E-state index contributed by atoms with van der Waals surface area (Å²) >= 11 is 5.71. The van der Waals surface area contributed by atoms with Crippen LogP contribution in [0.1, 0.15) is 6.92 Å². The van der Waals surface area contributed by atoms with Gasteiger partial charge in [0, 0.05) is 6.20 Å². The number of halogens is 1. The smallest absolute Gasteiger partial charge is 0.323 e. The second-order valence-corrected chi connectivity index (χ2v) is 4.65. The van der Waals surface area contributed by atoms with Crippen molar-refractivity contribution >= 4 is 23.4 Å². The third-order valence-electron chi connectivity index (χ3n) is 2.45. The van der Waals surface area contributed by atoms with E-state index in [-0.39, 0.29) is 5.75 Å². The van der Waals surface area contributed by atoms with Crippen molar-refractivity contribution in [2.75, 3.05) is 5.32 Å². The van der Waals surface area contributed by atoms with E-state index in [0.717, 1.165) is 0 Å². The molecule has 3 N–H and O–H groups in total. The number of ether oxygens (including phenoxy) is 1. The lowest BCUT2D eigenvalue weighted by Gasteiger charge is -2.16. The Hall–Kier alpha value is -2.47. The highest BCUT2D eigenvalue weighted by atomic mass is 35.5. The number of urea groups is 1. The summed E-state index contributed by atoms with van der Waals surface area (Å²) in [5.41, 5.74) is 0. The highest BCUT2D eigenvalue weighted by Crippen LogP contribution is 2.16. The minimum absolute atomic E-state index is 0.148. The number of rotatable bonds is 4. The molecule has 2 amide bonds. The highest BCUT2D eigenvalue weighted by Gasteiger charge is 2.09. The molecule has 2 aromatic rings. The maximum atomic E-state index is 11.7. The van der Waals surface area contributed by atoms with Gasteiger partial charge in [0.2, 0.25) is 0 Å². The predicted octanol–water partition coefficient (Wildman–Crippen LogP) is 2.99. The van der Waals surface area contributed by atoms with Gasteiger partial charge >= 0.3 is 6.03 Å². The van der Waals surface area contributed by atoms with E-state index in [1.807, 2.05) is 0 Å². The number of hydrogen-bond donors (Lipinski definition) is 3. The number of amides is 2. The topological polar surface area (TPSA) is 83.5 Å². The number of benzene rings is 1. The summed E-state index contributed by atoms with van der Waals surface area (Å²) in [5, 5.41) is 14.8. The van der Waals surface area contributed by atoms with Crippen LogP contribution in [0.3, 0.4) is 0 Å². The van der Waals surface area contributed by atoms with Crippen LogP contribution < -0.4 is 15.4 Å². The van der Waals surface area contributed by atoms with Gasteiger partial charge in [0.1, 0.15) is 17.3 Å². The van der Waals surface area contributed by atoms with E-state index in [0.29, 0.717) is 16.6 Å². The first kappa shape index (κ1) is 14.9. The Morgan fingerprint density at radius 1 is 1.29 bits per heavy atom. The number of nitrogens with one attached hydrogen (secondary N) is 2. The van der Waals surface area contributed by atoms with E-state index in [9.17, 15) is 4.79 Å². The zero-order chi connectivity index (χ0) is 15.2. The Morgan fingerprint density at radius 2 is 2.00 bits per heavy atom. The van der Waals surface area contributed by atoms with Crippen LogP contribution in [0.5, 0.6) is 11.5 Å². The number of nitrogens with zero attached hydrogens (tertiary/aromatic N) is 1. The maximum Gasteiger partial charge on any atom is 0.323 e. The Balaban J connectivity index is 1.84. The van der Waals surface area contributed by atoms with Crippen LogP contribution in [-0.4, -0.2) is 22.3 Å². The highest BCUT2D eigenvalue weighted by molar-refractivity contribution is 6.30. The summed E-state index contributed by atoms with van der Waals surface area (Å²) in [4.78, 5) is 15.7. The monoisotopic (exact) mass is 307 g/mol. The lowest BCUT2D eigenvalue weighted by molar-refractivity contribution is 0.183. The van der Waals surface area contributed by atoms with Crippen molar-refractivity contribution in [2.24, 2.45) is 0 Å². The molecular weight excluding hydrogens is 294 g/mol. The van der Waals surface area contributed by atoms with Crippen LogP contribution in [0.2, 0.25) is 5.02 Å². The van der Waals surface area contributed by atoms with E-state index >= 15 is 0 Å². The lowest BCUT2D eigenvalue weighted by Crippen LogP contribution is -2.39.